The quantitative estimate of drug-likeness (QED) is 0.102. The monoisotopic (exact) mass is 690 g/mol. The van der Waals surface area contributed by atoms with E-state index in [9.17, 15) is 9.18 Å². The molecule has 0 amide bonds. The highest BCUT2D eigenvalue weighted by atomic mass is 79.9. The fourth-order valence-corrected chi connectivity index (χ4v) is 6.81. The number of carbonyl (C=O) groups is 1. The van der Waals surface area contributed by atoms with Crippen LogP contribution in [-0.4, -0.2) is 33.5 Å². The van der Waals surface area contributed by atoms with Gasteiger partial charge in [-0.05, 0) is 80.9 Å². The van der Waals surface area contributed by atoms with Crippen molar-refractivity contribution in [3.8, 4) is 5.75 Å². The Hall–Kier alpha value is -3.36. The molecule has 0 aliphatic carbocycles. The topological polar surface area (TPSA) is 53.4 Å². The number of rotatable bonds is 11. The van der Waals surface area contributed by atoms with Crippen LogP contribution in [-0.2, 0) is 28.9 Å². The van der Waals surface area contributed by atoms with Crippen LogP contribution in [0, 0.1) is 11.2 Å². The molecule has 2 aromatic heterocycles. The second kappa shape index (κ2) is 13.6. The van der Waals surface area contributed by atoms with E-state index in [4.69, 9.17) is 9.47 Å². The SMILES string of the molecule is CCOC(=O)C(C)(C)Cc1c(SC(C)(C)C)c2cc(OCCc3ccc4cc(F)ccc4n3)ccc2n1Cc1ccc(Br)cc1. The van der Waals surface area contributed by atoms with Gasteiger partial charge in [0.05, 0.1) is 24.1 Å². The van der Waals surface area contributed by atoms with Crippen LogP contribution >= 0.6 is 27.7 Å². The van der Waals surface area contributed by atoms with Gasteiger partial charge in [-0.3, -0.25) is 9.78 Å². The van der Waals surface area contributed by atoms with Gasteiger partial charge in [0, 0.05) is 61.2 Å². The third-order valence-electron chi connectivity index (χ3n) is 7.53. The second-order valence-electron chi connectivity index (χ2n) is 12.9. The molecule has 2 heterocycles. The molecule has 8 heteroatoms. The lowest BCUT2D eigenvalue weighted by molar-refractivity contribution is -0.153. The first-order chi connectivity index (χ1) is 21.3. The van der Waals surface area contributed by atoms with Gasteiger partial charge >= 0.3 is 5.97 Å². The number of carbonyl (C=O) groups excluding carboxylic acids is 1. The molecular weight excluding hydrogens is 651 g/mol. The van der Waals surface area contributed by atoms with Crippen LogP contribution < -0.4 is 4.74 Å². The molecule has 0 aliphatic rings. The van der Waals surface area contributed by atoms with Crippen LogP contribution in [0.3, 0.4) is 0 Å². The molecule has 5 aromatic rings. The fraction of sp³-hybridized carbons (Fsp3) is 0.351. The average molecular weight is 692 g/mol. The van der Waals surface area contributed by atoms with Gasteiger partial charge in [-0.15, -0.1) is 11.8 Å². The number of thioether (sulfide) groups is 1. The van der Waals surface area contributed by atoms with Gasteiger partial charge in [0.15, 0.2) is 0 Å². The molecule has 45 heavy (non-hydrogen) atoms. The van der Waals surface area contributed by atoms with Crippen LogP contribution in [0.4, 0.5) is 4.39 Å². The Morgan fingerprint density at radius 2 is 1.73 bits per heavy atom. The molecule has 0 atom stereocenters. The molecular formula is C37H40BrFN2O3S. The van der Waals surface area contributed by atoms with E-state index < -0.39 is 5.41 Å². The zero-order valence-electron chi connectivity index (χ0n) is 26.7. The average Bonchev–Trinajstić information content (AvgIpc) is 3.23. The molecule has 236 valence electrons. The maximum Gasteiger partial charge on any atom is 0.311 e. The minimum absolute atomic E-state index is 0.0684. The van der Waals surface area contributed by atoms with Crippen LogP contribution in [0.5, 0.6) is 5.75 Å². The van der Waals surface area contributed by atoms with Gasteiger partial charge < -0.3 is 14.0 Å². The summed E-state index contributed by atoms with van der Waals surface area (Å²) in [5, 5.41) is 1.88. The Bertz CT molecular complexity index is 1830. The van der Waals surface area contributed by atoms with Gasteiger partial charge in [0.25, 0.3) is 0 Å². The minimum atomic E-state index is -0.715. The van der Waals surface area contributed by atoms with Gasteiger partial charge in [-0.1, -0.05) is 54.9 Å². The smallest absolute Gasteiger partial charge is 0.311 e. The number of ether oxygens (including phenoxy) is 2. The standard InChI is InChI=1S/C37H40BrFN2O3S/c1-7-43-35(42)37(5,6)22-33-34(45-36(2,3)4)30-21-29(15-17-32(30)41(33)23-24-8-11-26(38)12-9-24)44-19-18-28-14-10-25-20-27(39)13-16-31(25)40-28/h8-17,20-21H,7,18-19,22-23H2,1-6H3. The fourth-order valence-electron chi connectivity index (χ4n) is 5.36. The molecule has 3 aromatic carbocycles. The predicted molar refractivity (Wildman–Crippen MR) is 186 cm³/mol. The number of nitrogens with zero attached hydrogens (tertiary/aromatic N) is 2. The van der Waals surface area contributed by atoms with Gasteiger partial charge in [-0.2, -0.15) is 0 Å². The maximum absolute atomic E-state index is 13.6. The van der Waals surface area contributed by atoms with Gasteiger partial charge in [0.1, 0.15) is 11.6 Å². The first kappa shape index (κ1) is 33.0. The number of aromatic nitrogens is 2. The number of hydrogen-bond donors (Lipinski definition) is 0. The Morgan fingerprint density at radius 1 is 0.978 bits per heavy atom. The van der Waals surface area contributed by atoms with Crippen molar-refractivity contribution in [2.24, 2.45) is 5.41 Å². The van der Waals surface area contributed by atoms with E-state index in [0.717, 1.165) is 48.3 Å². The Labute approximate surface area is 277 Å². The van der Waals surface area contributed by atoms with Crippen LogP contribution in [0.2, 0.25) is 0 Å². The summed E-state index contributed by atoms with van der Waals surface area (Å²) in [7, 11) is 0. The van der Waals surface area contributed by atoms with E-state index in [2.05, 4.69) is 82.7 Å². The van der Waals surface area contributed by atoms with E-state index in [-0.39, 0.29) is 16.5 Å². The summed E-state index contributed by atoms with van der Waals surface area (Å²) in [5.74, 6) is 0.310. The predicted octanol–water partition coefficient (Wildman–Crippen LogP) is 9.78. The van der Waals surface area contributed by atoms with Gasteiger partial charge in [-0.25, -0.2) is 4.39 Å². The summed E-state index contributed by atoms with van der Waals surface area (Å²) in [5.41, 5.74) is 4.32. The van der Waals surface area contributed by atoms with E-state index in [1.807, 2.05) is 50.7 Å². The normalized spacial score (nSPS) is 12.2. The molecule has 0 spiro atoms. The lowest BCUT2D eigenvalue weighted by Gasteiger charge is -2.26. The molecule has 0 bridgehead atoms. The molecule has 0 unspecified atom stereocenters. The van der Waals surface area contributed by atoms with Crippen molar-refractivity contribution in [2.45, 2.75) is 70.6 Å². The van der Waals surface area contributed by atoms with Crippen molar-refractivity contribution in [3.05, 3.63) is 100 Å². The summed E-state index contributed by atoms with van der Waals surface area (Å²) in [6, 6.07) is 23.1. The van der Waals surface area contributed by atoms with Crippen molar-refractivity contribution in [3.63, 3.8) is 0 Å². The van der Waals surface area contributed by atoms with Crippen LogP contribution in [0.1, 0.15) is 58.5 Å². The molecule has 0 saturated heterocycles. The molecule has 0 aliphatic heterocycles. The zero-order chi connectivity index (χ0) is 32.4. The highest BCUT2D eigenvalue weighted by molar-refractivity contribution is 9.10. The molecule has 0 saturated carbocycles. The summed E-state index contributed by atoms with van der Waals surface area (Å²) < 4.78 is 28.7. The first-order valence-corrected chi connectivity index (χ1v) is 16.9. The lowest BCUT2D eigenvalue weighted by Crippen LogP contribution is -2.30. The molecule has 0 N–H and O–H groups in total. The lowest BCUT2D eigenvalue weighted by atomic mass is 9.87. The second-order valence-corrected chi connectivity index (χ2v) is 15.7. The van der Waals surface area contributed by atoms with Gasteiger partial charge in [0.2, 0.25) is 0 Å². The van der Waals surface area contributed by atoms with Crippen molar-refractivity contribution >= 4 is 55.5 Å². The third-order valence-corrected chi connectivity index (χ3v) is 9.33. The number of halogens is 2. The molecule has 0 fully saturated rings. The summed E-state index contributed by atoms with van der Waals surface area (Å²) >= 11 is 5.37. The zero-order valence-corrected chi connectivity index (χ0v) is 29.1. The highest BCUT2D eigenvalue weighted by Gasteiger charge is 2.34. The minimum Gasteiger partial charge on any atom is -0.493 e. The third kappa shape index (κ3) is 8.08. The summed E-state index contributed by atoms with van der Waals surface area (Å²) in [4.78, 5) is 18.9. The van der Waals surface area contributed by atoms with E-state index in [0.29, 0.717) is 32.6 Å². The van der Waals surface area contributed by atoms with Crippen LogP contribution in [0.25, 0.3) is 21.8 Å². The highest BCUT2D eigenvalue weighted by Crippen LogP contribution is 2.44. The van der Waals surface area contributed by atoms with Crippen molar-refractivity contribution < 1.29 is 18.7 Å². The van der Waals surface area contributed by atoms with Crippen LogP contribution in [0.15, 0.2) is 82.2 Å². The van der Waals surface area contributed by atoms with E-state index in [1.165, 1.54) is 17.7 Å². The number of pyridine rings is 1. The number of benzene rings is 3. The Morgan fingerprint density at radius 3 is 2.44 bits per heavy atom. The summed E-state index contributed by atoms with van der Waals surface area (Å²) in [6.07, 6.45) is 1.15. The Kier molecular flexibility index (Phi) is 9.94. The van der Waals surface area contributed by atoms with Crippen molar-refractivity contribution in [1.29, 1.82) is 0 Å². The summed E-state index contributed by atoms with van der Waals surface area (Å²) in [6.45, 7) is 13.9. The number of hydrogen-bond acceptors (Lipinski definition) is 5. The molecule has 5 rings (SSSR count). The molecule has 0 radical (unpaired) electrons. The van der Waals surface area contributed by atoms with E-state index >= 15 is 0 Å². The molecule has 5 nitrogen and oxygen atoms in total. The maximum atomic E-state index is 13.6. The largest absolute Gasteiger partial charge is 0.493 e. The first-order valence-electron chi connectivity index (χ1n) is 15.3. The Balaban J connectivity index is 1.51. The van der Waals surface area contributed by atoms with Crippen molar-refractivity contribution in [1.82, 2.24) is 9.55 Å². The number of esters is 1. The van der Waals surface area contributed by atoms with Crippen molar-refractivity contribution in [2.75, 3.05) is 13.2 Å². The number of fused-ring (bicyclic) bond motifs is 2. The van der Waals surface area contributed by atoms with E-state index in [1.54, 1.807) is 6.07 Å².